The number of nitrogens with zero attached hydrogens (tertiary/aromatic N) is 1. The van der Waals surface area contributed by atoms with Gasteiger partial charge in [-0.3, -0.25) is 4.79 Å². The molecular formula is C18H21ClN2O3S. The van der Waals surface area contributed by atoms with Crippen LogP contribution in [0.3, 0.4) is 0 Å². The molecule has 0 heterocycles. The van der Waals surface area contributed by atoms with Crippen molar-refractivity contribution in [1.29, 1.82) is 0 Å². The van der Waals surface area contributed by atoms with Gasteiger partial charge < -0.3 is 4.90 Å². The maximum Gasteiger partial charge on any atom is 0.240 e. The zero-order valence-corrected chi connectivity index (χ0v) is 15.7. The van der Waals surface area contributed by atoms with Crippen LogP contribution in [0.4, 0.5) is 0 Å². The number of carbonyl (C=O) groups excluding carboxylic acids is 1. The van der Waals surface area contributed by atoms with Crippen LogP contribution in [0.5, 0.6) is 0 Å². The van der Waals surface area contributed by atoms with Crippen LogP contribution >= 0.6 is 11.6 Å². The first-order valence-corrected chi connectivity index (χ1v) is 9.73. The molecule has 0 aromatic heterocycles. The van der Waals surface area contributed by atoms with E-state index in [2.05, 4.69) is 4.72 Å². The molecule has 2 rings (SSSR count). The van der Waals surface area contributed by atoms with Gasteiger partial charge in [0.15, 0.2) is 0 Å². The van der Waals surface area contributed by atoms with Crippen LogP contribution in [-0.4, -0.2) is 32.8 Å². The van der Waals surface area contributed by atoms with Crippen LogP contribution in [0.2, 0.25) is 5.02 Å². The van der Waals surface area contributed by atoms with E-state index in [1.807, 2.05) is 37.3 Å². The van der Waals surface area contributed by atoms with Gasteiger partial charge in [0.1, 0.15) is 0 Å². The minimum absolute atomic E-state index is 0.0273. The molecular weight excluding hydrogens is 360 g/mol. The van der Waals surface area contributed by atoms with Crippen molar-refractivity contribution in [3.05, 3.63) is 65.2 Å². The maximum atomic E-state index is 12.3. The lowest BCUT2D eigenvalue weighted by atomic mass is 10.1. The minimum Gasteiger partial charge on any atom is -0.339 e. The van der Waals surface area contributed by atoms with E-state index in [4.69, 9.17) is 11.6 Å². The van der Waals surface area contributed by atoms with Gasteiger partial charge in [0, 0.05) is 25.0 Å². The summed E-state index contributed by atoms with van der Waals surface area (Å²) in [6.07, 6.45) is 0.0769. The van der Waals surface area contributed by atoms with Gasteiger partial charge in [-0.15, -0.1) is 0 Å². The SMILES string of the molecule is CC(c1ccccc1)N(C)C(=O)CCNS(=O)(=O)c1cccc(Cl)c1. The zero-order valence-electron chi connectivity index (χ0n) is 14.1. The Balaban J connectivity index is 1.91. The maximum absolute atomic E-state index is 12.3. The molecule has 1 N–H and O–H groups in total. The van der Waals surface area contributed by atoms with Gasteiger partial charge in [0.05, 0.1) is 10.9 Å². The third-order valence-corrected chi connectivity index (χ3v) is 5.69. The van der Waals surface area contributed by atoms with Gasteiger partial charge in [-0.05, 0) is 30.7 Å². The lowest BCUT2D eigenvalue weighted by Gasteiger charge is -2.25. The molecule has 0 fully saturated rings. The van der Waals surface area contributed by atoms with Gasteiger partial charge in [-0.2, -0.15) is 0 Å². The lowest BCUT2D eigenvalue weighted by Crippen LogP contribution is -2.33. The molecule has 25 heavy (non-hydrogen) atoms. The molecule has 1 atom stereocenters. The zero-order chi connectivity index (χ0) is 18.4. The van der Waals surface area contributed by atoms with Crippen LogP contribution in [0.25, 0.3) is 0 Å². The molecule has 7 heteroatoms. The largest absolute Gasteiger partial charge is 0.339 e. The second-order valence-electron chi connectivity index (χ2n) is 5.70. The van der Waals surface area contributed by atoms with Crippen molar-refractivity contribution in [2.75, 3.05) is 13.6 Å². The first-order chi connectivity index (χ1) is 11.8. The highest BCUT2D eigenvalue weighted by Gasteiger charge is 2.19. The number of sulfonamides is 1. The Labute approximate surface area is 153 Å². The molecule has 1 unspecified atom stereocenters. The van der Waals surface area contributed by atoms with Crippen LogP contribution in [-0.2, 0) is 14.8 Å². The van der Waals surface area contributed by atoms with E-state index in [0.29, 0.717) is 5.02 Å². The fourth-order valence-corrected chi connectivity index (χ4v) is 3.69. The number of amides is 1. The molecule has 0 aliphatic rings. The van der Waals surface area contributed by atoms with Crippen molar-refractivity contribution in [3.8, 4) is 0 Å². The molecule has 2 aromatic carbocycles. The first-order valence-electron chi connectivity index (χ1n) is 7.87. The Bertz CT molecular complexity index is 825. The summed E-state index contributed by atoms with van der Waals surface area (Å²) in [6, 6.07) is 15.6. The Hall–Kier alpha value is -1.89. The summed E-state index contributed by atoms with van der Waals surface area (Å²) in [5.74, 6) is -0.134. The van der Waals surface area contributed by atoms with E-state index < -0.39 is 10.0 Å². The Morgan fingerprint density at radius 3 is 2.48 bits per heavy atom. The number of carbonyl (C=O) groups is 1. The van der Waals surface area contributed by atoms with E-state index in [0.717, 1.165) is 5.56 Å². The van der Waals surface area contributed by atoms with E-state index in [1.165, 1.54) is 12.1 Å². The molecule has 0 saturated carbocycles. The summed E-state index contributed by atoms with van der Waals surface area (Å²) < 4.78 is 26.8. The van der Waals surface area contributed by atoms with Crippen LogP contribution < -0.4 is 4.72 Å². The number of halogens is 1. The number of hydrogen-bond acceptors (Lipinski definition) is 3. The van der Waals surface area contributed by atoms with Gasteiger partial charge in [-0.1, -0.05) is 48.0 Å². The average molecular weight is 381 g/mol. The topological polar surface area (TPSA) is 66.5 Å². The molecule has 0 bridgehead atoms. The first kappa shape index (κ1) is 19.4. The van der Waals surface area contributed by atoms with Crippen LogP contribution in [0, 0.1) is 0 Å². The summed E-state index contributed by atoms with van der Waals surface area (Å²) >= 11 is 5.82. The molecule has 0 aliphatic heterocycles. The average Bonchev–Trinajstić information content (AvgIpc) is 2.61. The minimum atomic E-state index is -3.68. The summed E-state index contributed by atoms with van der Waals surface area (Å²) in [7, 11) is -1.97. The van der Waals surface area contributed by atoms with Crippen molar-refractivity contribution in [3.63, 3.8) is 0 Å². The monoisotopic (exact) mass is 380 g/mol. The van der Waals surface area contributed by atoms with Crippen molar-refractivity contribution < 1.29 is 13.2 Å². The predicted molar refractivity (Wildman–Crippen MR) is 98.9 cm³/mol. The Morgan fingerprint density at radius 1 is 1.16 bits per heavy atom. The summed E-state index contributed by atoms with van der Waals surface area (Å²) in [4.78, 5) is 14.0. The predicted octanol–water partition coefficient (Wildman–Crippen LogP) is 3.23. The van der Waals surface area contributed by atoms with Gasteiger partial charge in [-0.25, -0.2) is 13.1 Å². The molecule has 5 nitrogen and oxygen atoms in total. The molecule has 0 radical (unpaired) electrons. The number of nitrogens with one attached hydrogen (secondary N) is 1. The third kappa shape index (κ3) is 5.29. The third-order valence-electron chi connectivity index (χ3n) is 3.99. The molecule has 0 saturated heterocycles. The van der Waals surface area contributed by atoms with Crippen molar-refractivity contribution >= 4 is 27.5 Å². The van der Waals surface area contributed by atoms with Gasteiger partial charge >= 0.3 is 0 Å². The van der Waals surface area contributed by atoms with Crippen LogP contribution in [0.1, 0.15) is 24.9 Å². The normalized spacial score (nSPS) is 12.6. The smallest absolute Gasteiger partial charge is 0.240 e. The van der Waals surface area contributed by atoms with Gasteiger partial charge in [0.25, 0.3) is 0 Å². The fraction of sp³-hybridized carbons (Fsp3) is 0.278. The van der Waals surface area contributed by atoms with Crippen LogP contribution in [0.15, 0.2) is 59.5 Å². The standard InChI is InChI=1S/C18H21ClN2O3S/c1-14(15-7-4-3-5-8-15)21(2)18(22)11-12-20-25(23,24)17-10-6-9-16(19)13-17/h3-10,13-14,20H,11-12H2,1-2H3. The molecule has 2 aromatic rings. The lowest BCUT2D eigenvalue weighted by molar-refractivity contribution is -0.131. The Kier molecular flexibility index (Phi) is 6.58. The molecule has 0 spiro atoms. The molecule has 1 amide bonds. The summed E-state index contributed by atoms with van der Waals surface area (Å²) in [5.41, 5.74) is 1.03. The number of benzene rings is 2. The highest BCUT2D eigenvalue weighted by Crippen LogP contribution is 2.19. The van der Waals surface area contributed by atoms with E-state index in [1.54, 1.807) is 24.1 Å². The van der Waals surface area contributed by atoms with E-state index in [-0.39, 0.29) is 29.8 Å². The van der Waals surface area contributed by atoms with E-state index >= 15 is 0 Å². The highest BCUT2D eigenvalue weighted by molar-refractivity contribution is 7.89. The quantitative estimate of drug-likeness (QED) is 0.801. The second-order valence-corrected chi connectivity index (χ2v) is 7.90. The Morgan fingerprint density at radius 2 is 1.84 bits per heavy atom. The molecule has 0 aliphatic carbocycles. The number of hydrogen-bond donors (Lipinski definition) is 1. The fourth-order valence-electron chi connectivity index (χ4n) is 2.36. The van der Waals surface area contributed by atoms with Crippen molar-refractivity contribution in [2.45, 2.75) is 24.3 Å². The molecule has 134 valence electrons. The summed E-state index contributed by atoms with van der Waals surface area (Å²) in [6.45, 7) is 1.96. The van der Waals surface area contributed by atoms with Crippen molar-refractivity contribution in [2.24, 2.45) is 0 Å². The van der Waals surface area contributed by atoms with Gasteiger partial charge in [0.2, 0.25) is 15.9 Å². The number of rotatable bonds is 7. The van der Waals surface area contributed by atoms with Crippen molar-refractivity contribution in [1.82, 2.24) is 9.62 Å². The summed E-state index contributed by atoms with van der Waals surface area (Å²) in [5, 5.41) is 0.343. The highest BCUT2D eigenvalue weighted by atomic mass is 35.5. The second kappa shape index (κ2) is 8.47. The van der Waals surface area contributed by atoms with E-state index in [9.17, 15) is 13.2 Å².